The lowest BCUT2D eigenvalue weighted by Gasteiger charge is -2.32. The molecule has 0 bridgehead atoms. The number of ether oxygens (including phenoxy) is 1. The maximum Gasteiger partial charge on any atom is 0.306 e. The van der Waals surface area contributed by atoms with E-state index < -0.39 is 5.97 Å². The van der Waals surface area contributed by atoms with E-state index in [4.69, 9.17) is 9.84 Å². The summed E-state index contributed by atoms with van der Waals surface area (Å²) in [6, 6.07) is 0. The molecule has 1 saturated carbocycles. The number of hydrogen-bond donors (Lipinski definition) is 1. The third-order valence-corrected chi connectivity index (χ3v) is 4.37. The Balaban J connectivity index is 1.67. The molecule has 2 fully saturated rings. The Labute approximate surface area is 120 Å². The number of hydrogen-bond acceptors (Lipinski definition) is 3. The molecule has 1 saturated heterocycles. The van der Waals surface area contributed by atoms with Gasteiger partial charge in [-0.05, 0) is 18.8 Å². The van der Waals surface area contributed by atoms with Crippen LogP contribution in [0.3, 0.4) is 0 Å². The molecule has 1 unspecified atom stereocenters. The van der Waals surface area contributed by atoms with Crippen molar-refractivity contribution in [3.63, 3.8) is 0 Å². The molecule has 0 spiro atoms. The second kappa shape index (κ2) is 7.62. The highest BCUT2D eigenvalue weighted by atomic mass is 16.5. The van der Waals surface area contributed by atoms with Crippen molar-refractivity contribution in [2.75, 3.05) is 19.7 Å². The van der Waals surface area contributed by atoms with Gasteiger partial charge in [-0.25, -0.2) is 0 Å². The zero-order valence-corrected chi connectivity index (χ0v) is 12.1. The van der Waals surface area contributed by atoms with Crippen molar-refractivity contribution in [1.82, 2.24) is 4.90 Å². The molecule has 1 heterocycles. The lowest BCUT2D eigenvalue weighted by molar-refractivity contribution is -0.147. The predicted molar refractivity (Wildman–Crippen MR) is 74.4 cm³/mol. The predicted octanol–water partition coefficient (Wildman–Crippen LogP) is 2.05. The maximum absolute atomic E-state index is 12.1. The lowest BCUT2D eigenvalue weighted by atomic mass is 10.0. The summed E-state index contributed by atoms with van der Waals surface area (Å²) in [4.78, 5) is 24.6. The highest BCUT2D eigenvalue weighted by Crippen LogP contribution is 2.29. The van der Waals surface area contributed by atoms with Gasteiger partial charge in [0.2, 0.25) is 5.91 Å². The molecule has 0 radical (unpaired) electrons. The first kappa shape index (κ1) is 15.3. The third-order valence-electron chi connectivity index (χ3n) is 4.37. The van der Waals surface area contributed by atoms with E-state index in [1.54, 1.807) is 4.90 Å². The molecule has 20 heavy (non-hydrogen) atoms. The van der Waals surface area contributed by atoms with Crippen molar-refractivity contribution >= 4 is 11.9 Å². The fourth-order valence-corrected chi connectivity index (χ4v) is 3.26. The molecule has 1 atom stereocenters. The average molecular weight is 283 g/mol. The van der Waals surface area contributed by atoms with Crippen molar-refractivity contribution in [1.29, 1.82) is 0 Å². The topological polar surface area (TPSA) is 66.8 Å². The Morgan fingerprint density at radius 1 is 1.25 bits per heavy atom. The minimum Gasteiger partial charge on any atom is -0.481 e. The SMILES string of the molecule is O=C(O)CC1CN(C(=O)CCCC2CCCC2)CCO1. The number of carbonyl (C=O) groups excluding carboxylic acids is 1. The maximum atomic E-state index is 12.1. The Morgan fingerprint density at radius 3 is 2.70 bits per heavy atom. The molecule has 1 amide bonds. The van der Waals surface area contributed by atoms with Crippen LogP contribution in [0.2, 0.25) is 0 Å². The number of rotatable bonds is 6. The van der Waals surface area contributed by atoms with E-state index in [0.717, 1.165) is 18.8 Å². The van der Waals surface area contributed by atoms with Gasteiger partial charge in [-0.15, -0.1) is 0 Å². The van der Waals surface area contributed by atoms with Gasteiger partial charge in [0, 0.05) is 19.5 Å². The van der Waals surface area contributed by atoms with E-state index in [1.807, 2.05) is 0 Å². The normalized spacial score (nSPS) is 24.0. The van der Waals surface area contributed by atoms with Crippen LogP contribution in [-0.4, -0.2) is 47.7 Å². The highest BCUT2D eigenvalue weighted by molar-refractivity contribution is 5.76. The van der Waals surface area contributed by atoms with Gasteiger partial charge in [0.25, 0.3) is 0 Å². The summed E-state index contributed by atoms with van der Waals surface area (Å²) in [5.74, 6) is 0.111. The minimum absolute atomic E-state index is 0.0220. The van der Waals surface area contributed by atoms with Crippen LogP contribution in [0.15, 0.2) is 0 Å². The fourth-order valence-electron chi connectivity index (χ4n) is 3.26. The fraction of sp³-hybridized carbons (Fsp3) is 0.867. The first-order chi connectivity index (χ1) is 9.65. The molecule has 114 valence electrons. The van der Waals surface area contributed by atoms with Crippen LogP contribution in [0, 0.1) is 5.92 Å². The molecule has 5 heteroatoms. The first-order valence-electron chi connectivity index (χ1n) is 7.76. The van der Waals surface area contributed by atoms with Gasteiger partial charge in [-0.3, -0.25) is 9.59 Å². The number of carbonyl (C=O) groups is 2. The monoisotopic (exact) mass is 283 g/mol. The summed E-state index contributed by atoms with van der Waals surface area (Å²) in [6.45, 7) is 1.47. The van der Waals surface area contributed by atoms with Crippen LogP contribution in [-0.2, 0) is 14.3 Å². The largest absolute Gasteiger partial charge is 0.481 e. The number of aliphatic carboxylic acids is 1. The number of carboxylic acids is 1. The van der Waals surface area contributed by atoms with Gasteiger partial charge >= 0.3 is 5.97 Å². The van der Waals surface area contributed by atoms with Crippen LogP contribution >= 0.6 is 0 Å². The van der Waals surface area contributed by atoms with E-state index in [9.17, 15) is 9.59 Å². The van der Waals surface area contributed by atoms with E-state index in [2.05, 4.69) is 0 Å². The summed E-state index contributed by atoms with van der Waals surface area (Å²) in [5, 5.41) is 8.77. The molecule has 0 aromatic rings. The molecular formula is C15H25NO4. The molecule has 1 aliphatic carbocycles. The van der Waals surface area contributed by atoms with E-state index in [1.165, 1.54) is 25.7 Å². The highest BCUT2D eigenvalue weighted by Gasteiger charge is 2.25. The van der Waals surface area contributed by atoms with Crippen LogP contribution in [0.1, 0.15) is 51.4 Å². The third kappa shape index (κ3) is 4.78. The van der Waals surface area contributed by atoms with Crippen LogP contribution in [0.4, 0.5) is 0 Å². The van der Waals surface area contributed by atoms with E-state index in [-0.39, 0.29) is 18.4 Å². The molecule has 1 aliphatic heterocycles. The molecule has 2 rings (SSSR count). The number of carboxylic acid groups (broad SMARTS) is 1. The summed E-state index contributed by atoms with van der Waals surface area (Å²) in [6.07, 6.45) is 7.69. The molecule has 5 nitrogen and oxygen atoms in total. The zero-order valence-electron chi connectivity index (χ0n) is 12.1. The summed E-state index contributed by atoms with van der Waals surface area (Å²) in [7, 11) is 0. The Kier molecular flexibility index (Phi) is 5.83. The van der Waals surface area contributed by atoms with Crippen molar-refractivity contribution in [3.05, 3.63) is 0 Å². The molecule has 2 aliphatic rings. The quantitative estimate of drug-likeness (QED) is 0.810. The van der Waals surface area contributed by atoms with Crippen molar-refractivity contribution in [2.45, 2.75) is 57.5 Å². The van der Waals surface area contributed by atoms with Crippen LogP contribution < -0.4 is 0 Å². The van der Waals surface area contributed by atoms with E-state index >= 15 is 0 Å². The Hall–Kier alpha value is -1.10. The summed E-state index contributed by atoms with van der Waals surface area (Å²) >= 11 is 0. The van der Waals surface area contributed by atoms with Crippen LogP contribution in [0.5, 0.6) is 0 Å². The average Bonchev–Trinajstić information content (AvgIpc) is 2.91. The standard InChI is InChI=1S/C15H25NO4/c17-14(7-3-6-12-4-1-2-5-12)16-8-9-20-13(11-16)10-15(18)19/h12-13H,1-11H2,(H,18,19). The van der Waals surface area contributed by atoms with Crippen molar-refractivity contribution in [2.24, 2.45) is 5.92 Å². The van der Waals surface area contributed by atoms with Gasteiger partial charge in [0.1, 0.15) is 0 Å². The second-order valence-corrected chi connectivity index (χ2v) is 5.97. The lowest BCUT2D eigenvalue weighted by Crippen LogP contribution is -2.46. The van der Waals surface area contributed by atoms with Crippen molar-refractivity contribution in [3.8, 4) is 0 Å². The Bertz CT molecular complexity index is 339. The first-order valence-corrected chi connectivity index (χ1v) is 7.76. The van der Waals surface area contributed by atoms with Gasteiger partial charge in [0.15, 0.2) is 0 Å². The summed E-state index contributed by atoms with van der Waals surface area (Å²) < 4.78 is 5.38. The summed E-state index contributed by atoms with van der Waals surface area (Å²) in [5.41, 5.74) is 0. The Morgan fingerprint density at radius 2 is 2.00 bits per heavy atom. The van der Waals surface area contributed by atoms with Gasteiger partial charge in [-0.1, -0.05) is 25.7 Å². The smallest absolute Gasteiger partial charge is 0.306 e. The van der Waals surface area contributed by atoms with Gasteiger partial charge < -0.3 is 14.7 Å². The number of morpholine rings is 1. The van der Waals surface area contributed by atoms with Gasteiger partial charge in [-0.2, -0.15) is 0 Å². The van der Waals surface area contributed by atoms with Crippen molar-refractivity contribution < 1.29 is 19.4 Å². The number of nitrogens with zero attached hydrogens (tertiary/aromatic N) is 1. The molecule has 0 aromatic carbocycles. The molecule has 0 aromatic heterocycles. The number of amides is 1. The van der Waals surface area contributed by atoms with Crippen LogP contribution in [0.25, 0.3) is 0 Å². The minimum atomic E-state index is -0.870. The van der Waals surface area contributed by atoms with Gasteiger partial charge in [0.05, 0.1) is 19.1 Å². The second-order valence-electron chi connectivity index (χ2n) is 5.97. The molecule has 1 N–H and O–H groups in total. The zero-order chi connectivity index (χ0) is 14.4. The van der Waals surface area contributed by atoms with E-state index in [0.29, 0.717) is 26.1 Å². The molecular weight excluding hydrogens is 258 g/mol.